The van der Waals surface area contributed by atoms with Crippen LogP contribution in [0.5, 0.6) is 0 Å². The Balaban J connectivity index is 1.59. The Kier molecular flexibility index (Phi) is 5.47. The lowest BCUT2D eigenvalue weighted by molar-refractivity contribution is 0.0948. The number of carbonyl (C=O) groups excluding carboxylic acids is 1. The minimum atomic E-state index is -0.143. The van der Waals surface area contributed by atoms with Gasteiger partial charge in [-0.05, 0) is 60.2 Å². The quantitative estimate of drug-likeness (QED) is 0.826. The van der Waals surface area contributed by atoms with Gasteiger partial charge in [-0.1, -0.05) is 13.0 Å². The number of nitrogens with one attached hydrogen (secondary N) is 1. The summed E-state index contributed by atoms with van der Waals surface area (Å²) in [7, 11) is 0. The minimum absolute atomic E-state index is 0.143. The third kappa shape index (κ3) is 4.06. The smallest absolute Gasteiger partial charge is 0.256 e. The molecule has 2 aromatic heterocycles. The van der Waals surface area contributed by atoms with Crippen LogP contribution >= 0.6 is 15.9 Å². The van der Waals surface area contributed by atoms with Crippen molar-refractivity contribution >= 4 is 27.7 Å². The molecule has 2 aromatic rings. The molecular formula is C19H24BrN3O2. The van der Waals surface area contributed by atoms with Gasteiger partial charge in [0, 0.05) is 25.8 Å². The number of hydrogen-bond donors (Lipinski definition) is 1. The number of nitrogens with zero attached hydrogens (tertiary/aromatic N) is 2. The molecule has 0 aliphatic carbocycles. The van der Waals surface area contributed by atoms with Crippen LogP contribution in [0, 0.1) is 19.8 Å². The van der Waals surface area contributed by atoms with Gasteiger partial charge in [0.1, 0.15) is 17.3 Å². The number of halogens is 1. The van der Waals surface area contributed by atoms with Crippen molar-refractivity contribution in [1.29, 1.82) is 0 Å². The van der Waals surface area contributed by atoms with Crippen LogP contribution in [0.3, 0.4) is 0 Å². The van der Waals surface area contributed by atoms with Gasteiger partial charge in [0.2, 0.25) is 0 Å². The SMILES string of the molecule is Cc1oc(C)c(C(=O)NCc2ccc(N3CCC(C)CC3)nc2)c1Br. The average Bonchev–Trinajstić information content (AvgIpc) is 2.86. The first-order valence-electron chi connectivity index (χ1n) is 8.69. The van der Waals surface area contributed by atoms with Gasteiger partial charge in [0.25, 0.3) is 5.91 Å². The van der Waals surface area contributed by atoms with E-state index in [4.69, 9.17) is 4.42 Å². The minimum Gasteiger partial charge on any atom is -0.465 e. The van der Waals surface area contributed by atoms with Crippen LogP contribution in [-0.4, -0.2) is 24.0 Å². The fourth-order valence-corrected chi connectivity index (χ4v) is 3.67. The van der Waals surface area contributed by atoms with E-state index in [-0.39, 0.29) is 5.91 Å². The maximum absolute atomic E-state index is 12.4. The second kappa shape index (κ2) is 7.60. The van der Waals surface area contributed by atoms with Gasteiger partial charge >= 0.3 is 0 Å². The number of aryl methyl sites for hydroxylation is 2. The topological polar surface area (TPSA) is 58.4 Å². The molecule has 0 bridgehead atoms. The molecule has 0 unspecified atom stereocenters. The van der Waals surface area contributed by atoms with Gasteiger partial charge in [0.05, 0.1) is 10.0 Å². The van der Waals surface area contributed by atoms with Gasteiger partial charge in [-0.15, -0.1) is 0 Å². The van der Waals surface area contributed by atoms with Gasteiger partial charge < -0.3 is 14.6 Å². The fourth-order valence-electron chi connectivity index (χ4n) is 3.13. The van der Waals surface area contributed by atoms with Crippen molar-refractivity contribution in [2.24, 2.45) is 5.92 Å². The second-order valence-electron chi connectivity index (χ2n) is 6.78. The molecule has 0 atom stereocenters. The fraction of sp³-hybridized carbons (Fsp3) is 0.474. The number of rotatable bonds is 4. The first-order valence-corrected chi connectivity index (χ1v) is 9.48. The van der Waals surface area contributed by atoms with E-state index in [0.29, 0.717) is 23.6 Å². The number of amides is 1. The van der Waals surface area contributed by atoms with Crippen molar-refractivity contribution in [3.05, 3.63) is 45.4 Å². The number of pyridine rings is 1. The highest BCUT2D eigenvalue weighted by molar-refractivity contribution is 9.10. The lowest BCUT2D eigenvalue weighted by Crippen LogP contribution is -2.33. The number of piperidine rings is 1. The highest BCUT2D eigenvalue weighted by atomic mass is 79.9. The molecule has 1 fully saturated rings. The van der Waals surface area contributed by atoms with Crippen LogP contribution in [0.25, 0.3) is 0 Å². The Labute approximate surface area is 156 Å². The highest BCUT2D eigenvalue weighted by Gasteiger charge is 2.20. The van der Waals surface area contributed by atoms with E-state index < -0.39 is 0 Å². The summed E-state index contributed by atoms with van der Waals surface area (Å²) in [5.74, 6) is 3.01. The number of aromatic nitrogens is 1. The zero-order valence-corrected chi connectivity index (χ0v) is 16.5. The number of hydrogen-bond acceptors (Lipinski definition) is 4. The molecule has 134 valence electrons. The maximum atomic E-state index is 12.4. The van der Waals surface area contributed by atoms with Crippen molar-refractivity contribution in [1.82, 2.24) is 10.3 Å². The summed E-state index contributed by atoms with van der Waals surface area (Å²) in [6.07, 6.45) is 4.28. The van der Waals surface area contributed by atoms with Gasteiger partial charge in [0.15, 0.2) is 0 Å². The van der Waals surface area contributed by atoms with E-state index in [1.807, 2.05) is 25.3 Å². The molecule has 1 aliphatic heterocycles. The first kappa shape index (κ1) is 18.0. The van der Waals surface area contributed by atoms with Crippen LogP contribution in [0.4, 0.5) is 5.82 Å². The van der Waals surface area contributed by atoms with E-state index in [0.717, 1.165) is 34.9 Å². The third-order valence-corrected chi connectivity index (χ3v) is 5.74. The van der Waals surface area contributed by atoms with E-state index in [1.54, 1.807) is 6.92 Å². The summed E-state index contributed by atoms with van der Waals surface area (Å²) < 4.78 is 6.20. The van der Waals surface area contributed by atoms with Crippen LogP contribution in [-0.2, 0) is 6.54 Å². The van der Waals surface area contributed by atoms with Crippen molar-refractivity contribution in [3.8, 4) is 0 Å². The number of anilines is 1. The highest BCUT2D eigenvalue weighted by Crippen LogP contribution is 2.27. The van der Waals surface area contributed by atoms with Gasteiger partial charge in [-0.3, -0.25) is 4.79 Å². The molecule has 5 nitrogen and oxygen atoms in total. The van der Waals surface area contributed by atoms with Crippen molar-refractivity contribution in [2.45, 2.75) is 40.2 Å². The molecule has 3 heterocycles. The van der Waals surface area contributed by atoms with Gasteiger partial charge in [-0.25, -0.2) is 4.98 Å². The largest absolute Gasteiger partial charge is 0.465 e. The van der Waals surface area contributed by atoms with E-state index in [1.165, 1.54) is 12.8 Å². The van der Waals surface area contributed by atoms with Gasteiger partial charge in [-0.2, -0.15) is 0 Å². The number of furan rings is 1. The summed E-state index contributed by atoms with van der Waals surface area (Å²) in [5.41, 5.74) is 1.54. The summed E-state index contributed by atoms with van der Waals surface area (Å²) in [6.45, 7) is 8.51. The summed E-state index contributed by atoms with van der Waals surface area (Å²) in [5, 5.41) is 2.93. The maximum Gasteiger partial charge on any atom is 0.256 e. The van der Waals surface area contributed by atoms with E-state index >= 15 is 0 Å². The molecule has 6 heteroatoms. The zero-order chi connectivity index (χ0) is 18.0. The lowest BCUT2D eigenvalue weighted by atomic mass is 9.99. The van der Waals surface area contributed by atoms with Crippen LogP contribution < -0.4 is 10.2 Å². The van der Waals surface area contributed by atoms with Crippen molar-refractivity contribution < 1.29 is 9.21 Å². The molecule has 1 saturated heterocycles. The Morgan fingerprint density at radius 1 is 1.32 bits per heavy atom. The third-order valence-electron chi connectivity index (χ3n) is 4.78. The molecule has 0 spiro atoms. The van der Waals surface area contributed by atoms with Crippen LogP contribution in [0.2, 0.25) is 0 Å². The zero-order valence-electron chi connectivity index (χ0n) is 14.9. The Morgan fingerprint density at radius 3 is 2.60 bits per heavy atom. The average molecular weight is 406 g/mol. The van der Waals surface area contributed by atoms with E-state index in [2.05, 4.69) is 38.1 Å². The van der Waals surface area contributed by atoms with E-state index in [9.17, 15) is 4.79 Å². The molecule has 0 aromatic carbocycles. The molecular weight excluding hydrogens is 382 g/mol. The first-order chi connectivity index (χ1) is 12.0. The molecule has 25 heavy (non-hydrogen) atoms. The molecule has 1 N–H and O–H groups in total. The van der Waals surface area contributed by atoms with Crippen LogP contribution in [0.1, 0.15) is 47.2 Å². The monoisotopic (exact) mass is 405 g/mol. The predicted octanol–water partition coefficient (Wildman–Crippen LogP) is 4.22. The summed E-state index contributed by atoms with van der Waals surface area (Å²) >= 11 is 3.41. The number of carbonyl (C=O) groups is 1. The molecule has 3 rings (SSSR count). The molecule has 0 saturated carbocycles. The Bertz CT molecular complexity index is 747. The Hall–Kier alpha value is -1.82. The second-order valence-corrected chi connectivity index (χ2v) is 7.57. The van der Waals surface area contributed by atoms with Crippen molar-refractivity contribution in [3.63, 3.8) is 0 Å². The Morgan fingerprint density at radius 2 is 2.04 bits per heavy atom. The summed E-state index contributed by atoms with van der Waals surface area (Å²) in [6, 6.07) is 4.07. The normalized spacial score (nSPS) is 15.4. The lowest BCUT2D eigenvalue weighted by Gasteiger charge is -2.31. The summed E-state index contributed by atoms with van der Waals surface area (Å²) in [4.78, 5) is 19.3. The molecule has 1 aliphatic rings. The molecule has 1 amide bonds. The predicted molar refractivity (Wildman–Crippen MR) is 102 cm³/mol. The standard InChI is InChI=1S/C19H24BrN3O2/c1-12-6-8-23(9-7-12)16-5-4-15(10-21-16)11-22-19(24)17-13(2)25-14(3)18(17)20/h4-5,10,12H,6-9,11H2,1-3H3,(H,22,24). The van der Waals surface area contributed by atoms with Crippen molar-refractivity contribution in [2.75, 3.05) is 18.0 Å². The van der Waals surface area contributed by atoms with Crippen LogP contribution in [0.15, 0.2) is 27.2 Å². The molecule has 0 radical (unpaired) electrons.